The van der Waals surface area contributed by atoms with E-state index in [1.165, 1.54) is 7.11 Å². The van der Waals surface area contributed by atoms with Crippen molar-refractivity contribution in [3.8, 4) is 0 Å². The van der Waals surface area contributed by atoms with Crippen molar-refractivity contribution in [3.63, 3.8) is 0 Å². The van der Waals surface area contributed by atoms with E-state index in [0.29, 0.717) is 0 Å². The van der Waals surface area contributed by atoms with Crippen LogP contribution in [-0.2, 0) is 14.3 Å². The molecule has 3 N–H and O–H groups in total. The molecule has 0 radical (unpaired) electrons. The lowest BCUT2D eigenvalue weighted by molar-refractivity contribution is -0.140. The van der Waals surface area contributed by atoms with Crippen molar-refractivity contribution in [2.24, 2.45) is 5.73 Å². The van der Waals surface area contributed by atoms with Gasteiger partial charge in [-0.2, -0.15) is 0 Å². The number of esters is 1. The maximum atomic E-state index is 10.8. The van der Waals surface area contributed by atoms with E-state index in [9.17, 15) is 9.59 Å². The van der Waals surface area contributed by atoms with Gasteiger partial charge in [-0.15, -0.1) is 0 Å². The van der Waals surface area contributed by atoms with Gasteiger partial charge < -0.3 is 15.8 Å². The van der Waals surface area contributed by atoms with Crippen LogP contribution in [0.3, 0.4) is 0 Å². The first-order valence-electron chi connectivity index (χ1n) is 3.68. The largest absolute Gasteiger partial charge is 0.469 e. The van der Waals surface area contributed by atoms with Crippen molar-refractivity contribution in [3.05, 3.63) is 0 Å². The van der Waals surface area contributed by atoms with Gasteiger partial charge >= 0.3 is 5.97 Å². The molecule has 5 nitrogen and oxygen atoms in total. The van der Waals surface area contributed by atoms with Crippen molar-refractivity contribution >= 4 is 11.9 Å². The quantitative estimate of drug-likeness (QED) is 0.536. The van der Waals surface area contributed by atoms with Crippen LogP contribution in [0.15, 0.2) is 0 Å². The molecule has 0 saturated carbocycles. The van der Waals surface area contributed by atoms with Crippen molar-refractivity contribution in [1.82, 2.24) is 5.32 Å². The molecule has 5 heteroatoms. The number of hydrogen-bond donors (Lipinski definition) is 2. The fourth-order valence-electron chi connectivity index (χ4n) is 0.551. The van der Waals surface area contributed by atoms with Gasteiger partial charge in [0.25, 0.3) is 0 Å². The van der Waals surface area contributed by atoms with E-state index in [-0.39, 0.29) is 24.8 Å². The average molecular weight is 174 g/mol. The van der Waals surface area contributed by atoms with E-state index in [1.54, 1.807) is 6.92 Å². The Morgan fingerprint density at radius 2 is 2.17 bits per heavy atom. The van der Waals surface area contributed by atoms with Crippen molar-refractivity contribution in [1.29, 1.82) is 0 Å². The first kappa shape index (κ1) is 10.9. The summed E-state index contributed by atoms with van der Waals surface area (Å²) < 4.78 is 4.37. The van der Waals surface area contributed by atoms with E-state index in [0.717, 1.165) is 0 Å². The fraction of sp³-hybridized carbons (Fsp3) is 0.714. The Bertz CT molecular complexity index is 168. The number of methoxy groups -OCH3 is 1. The van der Waals surface area contributed by atoms with Crippen LogP contribution in [0.25, 0.3) is 0 Å². The number of carbonyl (C=O) groups excluding carboxylic acids is 2. The van der Waals surface area contributed by atoms with Crippen molar-refractivity contribution in [2.45, 2.75) is 19.4 Å². The van der Waals surface area contributed by atoms with E-state index < -0.39 is 6.04 Å². The van der Waals surface area contributed by atoms with E-state index in [1.807, 2.05) is 0 Å². The highest BCUT2D eigenvalue weighted by Crippen LogP contribution is 1.82. The smallest absolute Gasteiger partial charge is 0.307 e. The Morgan fingerprint density at radius 3 is 2.58 bits per heavy atom. The molecule has 0 spiro atoms. The van der Waals surface area contributed by atoms with E-state index >= 15 is 0 Å². The topological polar surface area (TPSA) is 81.4 Å². The molecule has 0 bridgehead atoms. The Hall–Kier alpha value is -1.10. The van der Waals surface area contributed by atoms with Gasteiger partial charge in [-0.1, -0.05) is 0 Å². The predicted octanol–water partition coefficient (Wildman–Crippen LogP) is -0.987. The number of carbonyl (C=O) groups is 2. The summed E-state index contributed by atoms with van der Waals surface area (Å²) in [4.78, 5) is 21.4. The van der Waals surface area contributed by atoms with Crippen molar-refractivity contribution in [2.75, 3.05) is 13.7 Å². The lowest BCUT2D eigenvalue weighted by Gasteiger charge is -2.05. The molecular formula is C7H14N2O3. The summed E-state index contributed by atoms with van der Waals surface area (Å²) in [6, 6.07) is -0.539. The van der Waals surface area contributed by atoms with Crippen LogP contribution in [0.1, 0.15) is 13.3 Å². The average Bonchev–Trinajstić information content (AvgIpc) is 2.03. The first-order valence-corrected chi connectivity index (χ1v) is 3.68. The SMILES string of the molecule is COC(=O)CCNC(=O)C(C)N. The molecule has 0 aromatic heterocycles. The van der Waals surface area contributed by atoms with Crippen LogP contribution in [0.4, 0.5) is 0 Å². The Morgan fingerprint density at radius 1 is 1.58 bits per heavy atom. The highest BCUT2D eigenvalue weighted by Gasteiger charge is 2.06. The highest BCUT2D eigenvalue weighted by atomic mass is 16.5. The van der Waals surface area contributed by atoms with Gasteiger partial charge in [0, 0.05) is 6.54 Å². The van der Waals surface area contributed by atoms with E-state index in [2.05, 4.69) is 10.1 Å². The van der Waals surface area contributed by atoms with Gasteiger partial charge in [-0.3, -0.25) is 9.59 Å². The molecule has 70 valence electrons. The molecule has 0 heterocycles. The van der Waals surface area contributed by atoms with Gasteiger partial charge in [0.05, 0.1) is 19.6 Å². The maximum absolute atomic E-state index is 10.8. The fourth-order valence-corrected chi connectivity index (χ4v) is 0.551. The Labute approximate surface area is 71.3 Å². The van der Waals surface area contributed by atoms with Gasteiger partial charge in [0.15, 0.2) is 0 Å². The summed E-state index contributed by atoms with van der Waals surface area (Å²) in [6.45, 7) is 1.85. The molecule has 12 heavy (non-hydrogen) atoms. The lowest BCUT2D eigenvalue weighted by Crippen LogP contribution is -2.39. The molecule has 0 aromatic carbocycles. The van der Waals surface area contributed by atoms with Crippen LogP contribution in [0.2, 0.25) is 0 Å². The van der Waals surface area contributed by atoms with Gasteiger partial charge in [0.1, 0.15) is 0 Å². The summed E-state index contributed by atoms with van der Waals surface area (Å²) in [5, 5.41) is 2.48. The minimum Gasteiger partial charge on any atom is -0.469 e. The molecule has 0 aliphatic heterocycles. The molecule has 0 aliphatic rings. The van der Waals surface area contributed by atoms with Gasteiger partial charge in [-0.25, -0.2) is 0 Å². The summed E-state index contributed by atoms with van der Waals surface area (Å²) in [5.41, 5.74) is 5.26. The zero-order chi connectivity index (χ0) is 9.56. The number of rotatable bonds is 4. The normalized spacial score (nSPS) is 11.9. The number of ether oxygens (including phenoxy) is 1. The first-order chi connectivity index (χ1) is 5.57. The molecule has 0 aromatic rings. The molecule has 0 saturated heterocycles. The molecular weight excluding hydrogens is 160 g/mol. The molecule has 1 unspecified atom stereocenters. The van der Waals surface area contributed by atoms with Crippen LogP contribution in [0.5, 0.6) is 0 Å². The number of amides is 1. The standard InChI is InChI=1S/C7H14N2O3/c1-5(8)7(11)9-4-3-6(10)12-2/h5H,3-4,8H2,1-2H3,(H,9,11). The molecule has 0 rings (SSSR count). The maximum Gasteiger partial charge on any atom is 0.307 e. The van der Waals surface area contributed by atoms with Crippen molar-refractivity contribution < 1.29 is 14.3 Å². The molecule has 1 amide bonds. The predicted molar refractivity (Wildman–Crippen MR) is 43.3 cm³/mol. The minimum atomic E-state index is -0.539. The van der Waals surface area contributed by atoms with Crippen LogP contribution < -0.4 is 11.1 Å². The second-order valence-electron chi connectivity index (χ2n) is 2.41. The summed E-state index contributed by atoms with van der Waals surface area (Å²) in [5.74, 6) is -0.612. The number of nitrogens with one attached hydrogen (secondary N) is 1. The summed E-state index contributed by atoms with van der Waals surface area (Å²) in [6.07, 6.45) is 0.176. The lowest BCUT2D eigenvalue weighted by atomic mass is 10.3. The highest BCUT2D eigenvalue weighted by molar-refractivity contribution is 5.81. The number of nitrogens with two attached hydrogens (primary N) is 1. The van der Waals surface area contributed by atoms with Gasteiger partial charge in [-0.05, 0) is 6.92 Å². The monoisotopic (exact) mass is 174 g/mol. The molecule has 1 atom stereocenters. The third kappa shape index (κ3) is 4.68. The molecule has 0 fully saturated rings. The summed E-state index contributed by atoms with van der Waals surface area (Å²) in [7, 11) is 1.30. The summed E-state index contributed by atoms with van der Waals surface area (Å²) >= 11 is 0. The van der Waals surface area contributed by atoms with Crippen LogP contribution in [-0.4, -0.2) is 31.6 Å². The zero-order valence-electron chi connectivity index (χ0n) is 7.29. The third-order valence-electron chi connectivity index (χ3n) is 1.27. The minimum absolute atomic E-state index is 0.176. The van der Waals surface area contributed by atoms with Gasteiger partial charge in [0.2, 0.25) is 5.91 Å². The molecule has 0 aliphatic carbocycles. The Balaban J connectivity index is 3.44. The van der Waals surface area contributed by atoms with Crippen LogP contribution >= 0.6 is 0 Å². The van der Waals surface area contributed by atoms with Crippen LogP contribution in [0, 0.1) is 0 Å². The number of hydrogen-bond acceptors (Lipinski definition) is 4. The Kier molecular flexibility index (Phi) is 5.03. The zero-order valence-corrected chi connectivity index (χ0v) is 7.29. The second kappa shape index (κ2) is 5.54. The third-order valence-corrected chi connectivity index (χ3v) is 1.27. The van der Waals surface area contributed by atoms with E-state index in [4.69, 9.17) is 5.73 Å². The second-order valence-corrected chi connectivity index (χ2v) is 2.41.